The Morgan fingerprint density at radius 1 is 1.00 bits per heavy atom. The summed E-state index contributed by atoms with van der Waals surface area (Å²) in [4.78, 5) is 16.0. The van der Waals surface area contributed by atoms with E-state index in [0.29, 0.717) is 30.4 Å². The van der Waals surface area contributed by atoms with Gasteiger partial charge in [-0.1, -0.05) is 44.2 Å². The molecule has 0 bridgehead atoms. The third kappa shape index (κ3) is 6.67. The number of hydrogen-bond donors (Lipinski definition) is 1. The Kier molecular flexibility index (Phi) is 8.80. The number of hydrogen-bond acceptors (Lipinski definition) is 5. The monoisotopic (exact) mass is 431 g/mol. The van der Waals surface area contributed by atoms with E-state index in [0.717, 1.165) is 24.2 Å². The van der Waals surface area contributed by atoms with Gasteiger partial charge in [-0.2, -0.15) is 5.10 Å². The molecule has 0 aliphatic rings. The average Bonchev–Trinajstić information content (AvgIpc) is 2.85. The highest BCUT2D eigenvalue weighted by molar-refractivity contribution is 5.94. The fourth-order valence-corrected chi connectivity index (χ4v) is 3.11. The van der Waals surface area contributed by atoms with Crippen molar-refractivity contribution in [1.29, 1.82) is 0 Å². The van der Waals surface area contributed by atoms with Crippen LogP contribution >= 0.6 is 0 Å². The van der Waals surface area contributed by atoms with Crippen LogP contribution in [0, 0.1) is 0 Å². The first-order valence-corrected chi connectivity index (χ1v) is 10.9. The third-order valence-corrected chi connectivity index (χ3v) is 5.10. The molecule has 3 aromatic rings. The number of hydrazone groups is 1. The zero-order chi connectivity index (χ0) is 22.6. The van der Waals surface area contributed by atoms with Gasteiger partial charge in [0.1, 0.15) is 11.5 Å². The number of pyridine rings is 1. The van der Waals surface area contributed by atoms with Crippen molar-refractivity contribution in [3.8, 4) is 11.5 Å². The molecule has 0 radical (unpaired) electrons. The van der Waals surface area contributed by atoms with E-state index in [9.17, 15) is 4.79 Å². The molecule has 1 amide bonds. The zero-order valence-electron chi connectivity index (χ0n) is 18.5. The lowest BCUT2D eigenvalue weighted by molar-refractivity contribution is 0.0955. The van der Waals surface area contributed by atoms with E-state index < -0.39 is 0 Å². The molecule has 1 atom stereocenters. The Hall–Kier alpha value is -3.67. The van der Waals surface area contributed by atoms with Gasteiger partial charge < -0.3 is 9.47 Å². The highest BCUT2D eigenvalue weighted by atomic mass is 16.5. The van der Waals surface area contributed by atoms with Gasteiger partial charge in [0, 0.05) is 29.9 Å². The predicted molar refractivity (Wildman–Crippen MR) is 126 cm³/mol. The van der Waals surface area contributed by atoms with Crippen LogP contribution in [0.3, 0.4) is 0 Å². The summed E-state index contributed by atoms with van der Waals surface area (Å²) in [5.41, 5.74) is 5.04. The van der Waals surface area contributed by atoms with Crippen molar-refractivity contribution in [2.75, 3.05) is 13.2 Å². The molecule has 6 heteroatoms. The minimum absolute atomic E-state index is 0.295. The normalized spacial score (nSPS) is 11.8. The smallest absolute Gasteiger partial charge is 0.271 e. The zero-order valence-corrected chi connectivity index (χ0v) is 18.5. The summed E-state index contributed by atoms with van der Waals surface area (Å²) in [7, 11) is 0. The quantitative estimate of drug-likeness (QED) is 0.257. The Morgan fingerprint density at radius 3 is 2.41 bits per heavy atom. The molecule has 0 spiro atoms. The third-order valence-electron chi connectivity index (χ3n) is 5.10. The van der Waals surface area contributed by atoms with Gasteiger partial charge in [-0.25, -0.2) is 5.43 Å². The van der Waals surface area contributed by atoms with Crippen LogP contribution in [-0.4, -0.2) is 30.3 Å². The summed E-state index contributed by atoms with van der Waals surface area (Å²) in [5, 5.41) is 4.05. The maximum Gasteiger partial charge on any atom is 0.271 e. The molecule has 0 fully saturated rings. The summed E-state index contributed by atoms with van der Waals surface area (Å²) in [6, 6.07) is 19.0. The fraction of sp³-hybridized carbons (Fsp3) is 0.269. The van der Waals surface area contributed by atoms with Crippen LogP contribution in [0.1, 0.15) is 54.1 Å². The second kappa shape index (κ2) is 12.2. The molecule has 0 saturated heterocycles. The molecule has 2 aromatic carbocycles. The molecule has 6 nitrogen and oxygen atoms in total. The molecule has 0 unspecified atom stereocenters. The largest absolute Gasteiger partial charge is 0.493 e. The molecular formula is C26H29N3O3. The first-order chi connectivity index (χ1) is 15.7. The van der Waals surface area contributed by atoms with Crippen LogP contribution in [0.2, 0.25) is 0 Å². The van der Waals surface area contributed by atoms with Crippen molar-refractivity contribution < 1.29 is 14.3 Å². The number of ether oxygens (including phenoxy) is 2. The Morgan fingerprint density at radius 2 is 1.66 bits per heavy atom. The van der Waals surface area contributed by atoms with Crippen LogP contribution in [0.5, 0.6) is 11.5 Å². The van der Waals surface area contributed by atoms with Gasteiger partial charge in [0.2, 0.25) is 0 Å². The predicted octanol–water partition coefficient (Wildman–Crippen LogP) is 5.21. The number of amides is 1. The number of nitrogens with zero attached hydrogens (tertiary/aromatic N) is 2. The number of nitrogens with one attached hydrogen (secondary N) is 1. The van der Waals surface area contributed by atoms with Gasteiger partial charge in [0.05, 0.1) is 19.4 Å². The van der Waals surface area contributed by atoms with Gasteiger partial charge in [-0.15, -0.1) is 0 Å². The summed E-state index contributed by atoms with van der Waals surface area (Å²) < 4.78 is 11.9. The number of aromatic nitrogens is 1. The van der Waals surface area contributed by atoms with Crippen LogP contribution in [0.15, 0.2) is 78.2 Å². The Labute approximate surface area is 189 Å². The van der Waals surface area contributed by atoms with Crippen molar-refractivity contribution in [1.82, 2.24) is 10.4 Å². The van der Waals surface area contributed by atoms with E-state index in [1.54, 1.807) is 30.7 Å². The molecule has 0 aliphatic heterocycles. The van der Waals surface area contributed by atoms with Gasteiger partial charge in [-0.05, 0) is 48.2 Å². The lowest BCUT2D eigenvalue weighted by atomic mass is 9.98. The number of carbonyl (C=O) groups excluding carboxylic acids is 1. The number of benzene rings is 2. The van der Waals surface area contributed by atoms with E-state index in [2.05, 4.69) is 41.5 Å². The number of carbonyl (C=O) groups is 1. The highest BCUT2D eigenvalue weighted by Crippen LogP contribution is 2.28. The molecule has 1 heterocycles. The van der Waals surface area contributed by atoms with Crippen molar-refractivity contribution in [3.05, 3.63) is 89.7 Å². The van der Waals surface area contributed by atoms with E-state index in [4.69, 9.17) is 9.47 Å². The molecule has 1 aromatic heterocycles. The summed E-state index contributed by atoms with van der Waals surface area (Å²) in [6.45, 7) is 5.48. The van der Waals surface area contributed by atoms with Crippen molar-refractivity contribution in [2.24, 2.45) is 5.10 Å². The van der Waals surface area contributed by atoms with Crippen LogP contribution in [0.25, 0.3) is 0 Å². The molecule has 0 aliphatic carbocycles. The van der Waals surface area contributed by atoms with E-state index in [1.165, 1.54) is 5.56 Å². The van der Waals surface area contributed by atoms with Gasteiger partial charge in [-0.3, -0.25) is 9.78 Å². The van der Waals surface area contributed by atoms with E-state index >= 15 is 0 Å². The summed E-state index contributed by atoms with van der Waals surface area (Å²) in [5.74, 6) is 1.82. The summed E-state index contributed by atoms with van der Waals surface area (Å²) in [6.07, 6.45) is 6.53. The topological polar surface area (TPSA) is 72.8 Å². The number of rotatable bonds is 11. The summed E-state index contributed by atoms with van der Waals surface area (Å²) >= 11 is 0. The molecule has 3 rings (SSSR count). The molecule has 166 valence electrons. The second-order valence-electron chi connectivity index (χ2n) is 7.37. The highest BCUT2D eigenvalue weighted by Gasteiger charge is 2.09. The lowest BCUT2D eigenvalue weighted by Crippen LogP contribution is -2.17. The van der Waals surface area contributed by atoms with E-state index in [1.807, 2.05) is 36.4 Å². The molecule has 1 N–H and O–H groups in total. The van der Waals surface area contributed by atoms with Crippen molar-refractivity contribution in [3.63, 3.8) is 0 Å². The Balaban J connectivity index is 1.48. The first-order valence-electron chi connectivity index (χ1n) is 10.9. The SMILES string of the molecule is CC[C@@H](C)c1ccccc1OCCCOc1ccccc1/C=N\NC(=O)c1ccncc1. The van der Waals surface area contributed by atoms with Crippen LogP contribution in [0.4, 0.5) is 0 Å². The first kappa shape index (κ1) is 23.0. The minimum atomic E-state index is -0.295. The Bertz CT molecular complexity index is 1020. The van der Waals surface area contributed by atoms with Crippen LogP contribution < -0.4 is 14.9 Å². The van der Waals surface area contributed by atoms with Gasteiger partial charge in [0.15, 0.2) is 0 Å². The van der Waals surface area contributed by atoms with Crippen molar-refractivity contribution in [2.45, 2.75) is 32.6 Å². The molecule has 32 heavy (non-hydrogen) atoms. The maximum atomic E-state index is 12.1. The maximum absolute atomic E-state index is 12.1. The second-order valence-corrected chi connectivity index (χ2v) is 7.37. The standard InChI is InChI=1S/C26H29N3O3/c1-3-20(2)23-10-5-7-12-25(23)32-18-8-17-31-24-11-6-4-9-22(24)19-28-29-26(30)21-13-15-27-16-14-21/h4-7,9-16,19-20H,3,8,17-18H2,1-2H3,(H,29,30)/b28-19-/t20-/m1/s1. The minimum Gasteiger partial charge on any atom is -0.493 e. The van der Waals surface area contributed by atoms with E-state index in [-0.39, 0.29) is 5.91 Å². The van der Waals surface area contributed by atoms with Crippen LogP contribution in [-0.2, 0) is 0 Å². The lowest BCUT2D eigenvalue weighted by Gasteiger charge is -2.16. The fourth-order valence-electron chi connectivity index (χ4n) is 3.11. The average molecular weight is 432 g/mol. The van der Waals surface area contributed by atoms with Crippen molar-refractivity contribution >= 4 is 12.1 Å². The van der Waals surface area contributed by atoms with Gasteiger partial charge in [0.25, 0.3) is 5.91 Å². The molecular weight excluding hydrogens is 402 g/mol. The number of para-hydroxylation sites is 2. The molecule has 0 saturated carbocycles. The van der Waals surface area contributed by atoms with Gasteiger partial charge >= 0.3 is 0 Å².